The summed E-state index contributed by atoms with van der Waals surface area (Å²) in [6.45, 7) is 1.68. The van der Waals surface area contributed by atoms with E-state index in [4.69, 9.17) is 10.2 Å². The van der Waals surface area contributed by atoms with Crippen LogP contribution in [0.25, 0.3) is 10.8 Å². The molecule has 0 fully saturated rings. The monoisotopic (exact) mass is 403 g/mol. The summed E-state index contributed by atoms with van der Waals surface area (Å²) in [5.74, 6) is -1.61. The van der Waals surface area contributed by atoms with Gasteiger partial charge in [0.1, 0.15) is 11.9 Å². The third-order valence-electron chi connectivity index (χ3n) is 4.43. The van der Waals surface area contributed by atoms with Gasteiger partial charge in [0.05, 0.1) is 11.3 Å². The molecule has 0 aliphatic carbocycles. The van der Waals surface area contributed by atoms with E-state index in [1.807, 2.05) is 0 Å². The van der Waals surface area contributed by atoms with Crippen LogP contribution in [0.4, 0.5) is 4.39 Å². The summed E-state index contributed by atoms with van der Waals surface area (Å²) in [5, 5.41) is 26.3. The first kappa shape index (κ1) is 19.9. The molecule has 0 aliphatic rings. The molecule has 0 amide bonds. The summed E-state index contributed by atoms with van der Waals surface area (Å²) in [4.78, 5) is 10.9. The summed E-state index contributed by atoms with van der Waals surface area (Å²) < 4.78 is 37.8. The Morgan fingerprint density at radius 2 is 1.82 bits per heavy atom. The van der Waals surface area contributed by atoms with E-state index in [0.717, 1.165) is 0 Å². The van der Waals surface area contributed by atoms with Gasteiger partial charge in [0.25, 0.3) is 0 Å². The second kappa shape index (κ2) is 7.31. The molecule has 6 nitrogen and oxygen atoms in total. The van der Waals surface area contributed by atoms with Crippen LogP contribution in [-0.2, 0) is 21.2 Å². The largest absolute Gasteiger partial charge is 0.481 e. The maximum atomic E-state index is 13.8. The number of aryl methyl sites for hydroxylation is 1. The number of aliphatic hydroxyl groups is 1. The first-order chi connectivity index (χ1) is 13.1. The van der Waals surface area contributed by atoms with Crippen molar-refractivity contribution in [3.63, 3.8) is 0 Å². The lowest BCUT2D eigenvalue weighted by Gasteiger charge is -2.19. The van der Waals surface area contributed by atoms with Crippen molar-refractivity contribution in [1.29, 1.82) is 0 Å². The molecule has 3 aromatic rings. The predicted octanol–water partition coefficient (Wildman–Crippen LogP) is 2.64. The zero-order valence-corrected chi connectivity index (χ0v) is 15.7. The van der Waals surface area contributed by atoms with Crippen molar-refractivity contribution in [2.75, 3.05) is 0 Å². The summed E-state index contributed by atoms with van der Waals surface area (Å²) in [7, 11) is -4.13. The van der Waals surface area contributed by atoms with Crippen molar-refractivity contribution in [3.8, 4) is 0 Å². The number of rotatable bonds is 5. The average Bonchev–Trinajstić information content (AvgIpc) is 2.59. The summed E-state index contributed by atoms with van der Waals surface area (Å²) in [6.07, 6.45) is -1.75. The van der Waals surface area contributed by atoms with Crippen molar-refractivity contribution in [2.24, 2.45) is 5.14 Å². The molecule has 0 aliphatic heterocycles. The van der Waals surface area contributed by atoms with E-state index in [-0.39, 0.29) is 22.4 Å². The molecule has 3 aromatic carbocycles. The van der Waals surface area contributed by atoms with Crippen molar-refractivity contribution in [2.45, 2.75) is 24.3 Å². The molecule has 0 saturated carbocycles. The molecule has 3 rings (SSSR count). The highest BCUT2D eigenvalue weighted by Gasteiger charge is 2.23. The Balaban J connectivity index is 2.28. The van der Waals surface area contributed by atoms with Gasteiger partial charge >= 0.3 is 5.97 Å². The van der Waals surface area contributed by atoms with E-state index in [1.54, 1.807) is 19.1 Å². The summed E-state index contributed by atoms with van der Waals surface area (Å²) >= 11 is 0. The van der Waals surface area contributed by atoms with Crippen LogP contribution in [0.3, 0.4) is 0 Å². The van der Waals surface area contributed by atoms with Crippen LogP contribution in [0.2, 0.25) is 0 Å². The number of carbonyl (C=O) groups is 1. The highest BCUT2D eigenvalue weighted by atomic mass is 32.2. The Bertz CT molecular complexity index is 1190. The normalized spacial score (nSPS) is 12.9. The van der Waals surface area contributed by atoms with Crippen LogP contribution in [0.1, 0.15) is 28.4 Å². The van der Waals surface area contributed by atoms with E-state index in [1.165, 1.54) is 36.4 Å². The lowest BCUT2D eigenvalue weighted by molar-refractivity contribution is -0.136. The molecule has 0 aromatic heterocycles. The first-order valence-corrected chi connectivity index (χ1v) is 9.86. The van der Waals surface area contributed by atoms with Crippen LogP contribution < -0.4 is 5.14 Å². The number of aliphatic carboxylic acids is 1. The van der Waals surface area contributed by atoms with Gasteiger partial charge in [0.15, 0.2) is 0 Å². The van der Waals surface area contributed by atoms with Crippen molar-refractivity contribution < 1.29 is 27.8 Å². The molecule has 146 valence electrons. The lowest BCUT2D eigenvalue weighted by Crippen LogP contribution is -2.17. The molecule has 4 N–H and O–H groups in total. The average molecular weight is 403 g/mol. The predicted molar refractivity (Wildman–Crippen MR) is 102 cm³/mol. The van der Waals surface area contributed by atoms with Gasteiger partial charge in [-0.15, -0.1) is 0 Å². The van der Waals surface area contributed by atoms with E-state index >= 15 is 0 Å². The van der Waals surface area contributed by atoms with Crippen molar-refractivity contribution in [3.05, 3.63) is 76.6 Å². The van der Waals surface area contributed by atoms with Crippen LogP contribution in [0.15, 0.2) is 53.4 Å². The SMILES string of the molecule is Cc1ccc(C(O)c2cc(CC(=O)O)cc3ccc(F)cc23)c(S(N)(=O)=O)c1. The Hall–Kier alpha value is -2.81. The van der Waals surface area contributed by atoms with Crippen LogP contribution in [0, 0.1) is 12.7 Å². The molecular formula is C20H18FNO5S. The molecule has 0 spiro atoms. The first-order valence-electron chi connectivity index (χ1n) is 8.31. The van der Waals surface area contributed by atoms with Gasteiger partial charge < -0.3 is 10.2 Å². The van der Waals surface area contributed by atoms with Gasteiger partial charge in [-0.25, -0.2) is 17.9 Å². The molecule has 8 heteroatoms. The number of benzene rings is 3. The Morgan fingerprint density at radius 1 is 1.11 bits per heavy atom. The van der Waals surface area contributed by atoms with Crippen LogP contribution in [0.5, 0.6) is 0 Å². The quantitative estimate of drug-likeness (QED) is 0.605. The number of aliphatic hydroxyl groups excluding tert-OH is 1. The maximum absolute atomic E-state index is 13.8. The minimum absolute atomic E-state index is 0.0335. The number of hydrogen-bond donors (Lipinski definition) is 3. The van der Waals surface area contributed by atoms with Crippen LogP contribution >= 0.6 is 0 Å². The van der Waals surface area contributed by atoms with E-state index in [9.17, 15) is 22.7 Å². The number of halogens is 1. The fraction of sp³-hybridized carbons (Fsp3) is 0.150. The van der Waals surface area contributed by atoms with Gasteiger partial charge in [0.2, 0.25) is 10.0 Å². The molecule has 28 heavy (non-hydrogen) atoms. The highest BCUT2D eigenvalue weighted by Crippen LogP contribution is 2.34. The number of carboxylic acids is 1. The standard InChI is InChI=1S/C20H18FNO5S/c1-11-2-5-15(18(6-11)28(22,26)27)20(25)17-8-12(9-19(23)24)7-13-3-4-14(21)10-16(13)17/h2-8,10,20,25H,9H2,1H3,(H,23,24)(H2,22,26,27). The van der Waals surface area contributed by atoms with Gasteiger partial charge in [-0.05, 0) is 52.6 Å². The number of sulfonamides is 1. The lowest BCUT2D eigenvalue weighted by atomic mass is 9.92. The minimum Gasteiger partial charge on any atom is -0.481 e. The third-order valence-corrected chi connectivity index (χ3v) is 5.39. The van der Waals surface area contributed by atoms with Crippen molar-refractivity contribution >= 4 is 26.8 Å². The minimum atomic E-state index is -4.13. The molecule has 0 bridgehead atoms. The Morgan fingerprint density at radius 3 is 2.46 bits per heavy atom. The molecule has 1 unspecified atom stereocenters. The molecule has 0 radical (unpaired) electrons. The molecule has 1 atom stereocenters. The molecular weight excluding hydrogens is 385 g/mol. The molecule has 0 saturated heterocycles. The molecule has 0 heterocycles. The van der Waals surface area contributed by atoms with Crippen molar-refractivity contribution in [1.82, 2.24) is 0 Å². The number of carboxylic acid groups (broad SMARTS) is 1. The smallest absolute Gasteiger partial charge is 0.307 e. The number of nitrogens with two attached hydrogens (primary N) is 1. The summed E-state index contributed by atoms with van der Waals surface area (Å²) in [5.41, 5.74) is 1.26. The Labute approximate surface area is 161 Å². The maximum Gasteiger partial charge on any atom is 0.307 e. The third kappa shape index (κ3) is 4.04. The van der Waals surface area contributed by atoms with Gasteiger partial charge in [-0.1, -0.05) is 30.3 Å². The second-order valence-electron chi connectivity index (χ2n) is 6.61. The Kier molecular flexibility index (Phi) is 5.20. The van der Waals surface area contributed by atoms with Gasteiger partial charge in [-0.2, -0.15) is 0 Å². The zero-order chi connectivity index (χ0) is 20.6. The summed E-state index contributed by atoms with van der Waals surface area (Å²) in [6, 6.07) is 11.3. The number of hydrogen-bond acceptors (Lipinski definition) is 4. The zero-order valence-electron chi connectivity index (χ0n) is 14.9. The van der Waals surface area contributed by atoms with E-state index < -0.39 is 27.9 Å². The fourth-order valence-corrected chi connectivity index (χ4v) is 4.07. The van der Waals surface area contributed by atoms with Crippen LogP contribution in [-0.4, -0.2) is 24.6 Å². The second-order valence-corrected chi connectivity index (χ2v) is 8.14. The van der Waals surface area contributed by atoms with Gasteiger partial charge in [0, 0.05) is 5.56 Å². The van der Waals surface area contributed by atoms with E-state index in [2.05, 4.69) is 0 Å². The van der Waals surface area contributed by atoms with E-state index in [0.29, 0.717) is 21.9 Å². The fourth-order valence-electron chi connectivity index (χ4n) is 3.21. The topological polar surface area (TPSA) is 118 Å². The number of primary sulfonamides is 1. The highest BCUT2D eigenvalue weighted by molar-refractivity contribution is 7.89. The van der Waals surface area contributed by atoms with Gasteiger partial charge in [-0.3, -0.25) is 4.79 Å². The number of fused-ring (bicyclic) bond motifs is 1.